The highest BCUT2D eigenvalue weighted by Crippen LogP contribution is 2.28. The van der Waals surface area contributed by atoms with Gasteiger partial charge in [-0.2, -0.15) is 0 Å². The van der Waals surface area contributed by atoms with Crippen molar-refractivity contribution in [3.63, 3.8) is 0 Å². The normalized spacial score (nSPS) is 12.5. The molecule has 4 rings (SSSR count). The number of amides is 1. The van der Waals surface area contributed by atoms with E-state index in [0.29, 0.717) is 24.2 Å². The molecule has 0 bridgehead atoms. The van der Waals surface area contributed by atoms with Gasteiger partial charge >= 0.3 is 0 Å². The second kappa shape index (κ2) is 7.56. The molecule has 0 spiro atoms. The van der Waals surface area contributed by atoms with E-state index in [2.05, 4.69) is 15.3 Å². The maximum Gasteiger partial charge on any atom is 0.251 e. The number of hydrogen-bond donors (Lipinski definition) is 3. The number of carbonyl (C=O) groups excluding carboxylic acids is 1. The average Bonchev–Trinajstić information content (AvgIpc) is 3.28. The van der Waals surface area contributed by atoms with Crippen LogP contribution in [0.25, 0.3) is 22.1 Å². The summed E-state index contributed by atoms with van der Waals surface area (Å²) in [4.78, 5) is 25.0. The summed E-state index contributed by atoms with van der Waals surface area (Å²) in [7, 11) is 3.53. The summed E-state index contributed by atoms with van der Waals surface area (Å²) in [6.07, 6.45) is 0. The molecule has 0 aliphatic carbocycles. The number of aromatic nitrogens is 4. The van der Waals surface area contributed by atoms with Gasteiger partial charge in [0.2, 0.25) is 0 Å². The van der Waals surface area contributed by atoms with Gasteiger partial charge in [0, 0.05) is 32.3 Å². The third kappa shape index (κ3) is 3.54. The largest absolute Gasteiger partial charge is 0.508 e. The van der Waals surface area contributed by atoms with Crippen LogP contribution in [0.15, 0.2) is 36.4 Å². The molecular formula is C21H23N5O3. The predicted molar refractivity (Wildman–Crippen MR) is 110 cm³/mol. The van der Waals surface area contributed by atoms with Crippen LogP contribution in [-0.2, 0) is 11.8 Å². The zero-order chi connectivity index (χ0) is 20.5. The fourth-order valence-electron chi connectivity index (χ4n) is 3.45. The van der Waals surface area contributed by atoms with Crippen molar-refractivity contribution in [2.45, 2.75) is 12.8 Å². The Bertz CT molecular complexity index is 1190. The van der Waals surface area contributed by atoms with Crippen LogP contribution in [0.5, 0.6) is 5.75 Å². The minimum absolute atomic E-state index is 0.0964. The number of phenols is 1. The molecule has 8 nitrogen and oxygen atoms in total. The van der Waals surface area contributed by atoms with Gasteiger partial charge in [-0.3, -0.25) is 4.79 Å². The van der Waals surface area contributed by atoms with Gasteiger partial charge < -0.3 is 24.7 Å². The van der Waals surface area contributed by atoms with Crippen molar-refractivity contribution in [1.29, 1.82) is 0 Å². The summed E-state index contributed by atoms with van der Waals surface area (Å²) in [6, 6.07) is 10.5. The van der Waals surface area contributed by atoms with Crippen LogP contribution in [-0.4, -0.2) is 50.8 Å². The minimum Gasteiger partial charge on any atom is -0.508 e. The highest BCUT2D eigenvalue weighted by atomic mass is 16.5. The first-order valence-electron chi connectivity index (χ1n) is 9.40. The fraction of sp³-hybridized carbons (Fsp3) is 0.286. The highest BCUT2D eigenvalue weighted by Gasteiger charge is 2.20. The Balaban J connectivity index is 1.66. The molecule has 0 radical (unpaired) electrons. The van der Waals surface area contributed by atoms with Crippen LogP contribution in [0, 0.1) is 0 Å². The number of ether oxygens (including phenoxy) is 1. The first kappa shape index (κ1) is 18.9. The standard InChI is InChI=1S/C21H23N5O3/c1-12(19-23-15-7-5-14(27)11-17(15)24-19)20-25-16-6-4-13(10-18(16)26(20)2)21(28)22-8-9-29-3/h4-7,10-12,27H,8-9H2,1-3H3,(H,22,28)(H,23,24). The summed E-state index contributed by atoms with van der Waals surface area (Å²) in [6.45, 7) is 2.95. The van der Waals surface area contributed by atoms with Crippen molar-refractivity contribution < 1.29 is 14.6 Å². The summed E-state index contributed by atoms with van der Waals surface area (Å²) in [5, 5.41) is 12.5. The quantitative estimate of drug-likeness (QED) is 0.437. The number of hydrogen-bond acceptors (Lipinski definition) is 5. The van der Waals surface area contributed by atoms with Crippen molar-refractivity contribution in [2.24, 2.45) is 7.05 Å². The van der Waals surface area contributed by atoms with Gasteiger partial charge in [0.15, 0.2) is 0 Å². The molecule has 3 N–H and O–H groups in total. The van der Waals surface area contributed by atoms with Crippen molar-refractivity contribution >= 4 is 28.0 Å². The predicted octanol–water partition coefficient (Wildman–Crippen LogP) is 2.68. The number of nitrogens with zero attached hydrogens (tertiary/aromatic N) is 3. The van der Waals surface area contributed by atoms with E-state index in [1.807, 2.05) is 30.7 Å². The van der Waals surface area contributed by atoms with E-state index < -0.39 is 0 Å². The molecule has 2 aromatic heterocycles. The molecule has 0 aliphatic rings. The number of rotatable bonds is 6. The molecule has 29 heavy (non-hydrogen) atoms. The lowest BCUT2D eigenvalue weighted by atomic mass is 10.1. The molecule has 0 saturated heterocycles. The summed E-state index contributed by atoms with van der Waals surface area (Å²) >= 11 is 0. The lowest BCUT2D eigenvalue weighted by Crippen LogP contribution is -2.26. The smallest absolute Gasteiger partial charge is 0.251 e. The van der Waals surface area contributed by atoms with Crippen molar-refractivity contribution in [2.75, 3.05) is 20.3 Å². The number of nitrogens with one attached hydrogen (secondary N) is 2. The maximum atomic E-state index is 12.3. The Morgan fingerprint density at radius 2 is 2.07 bits per heavy atom. The molecule has 4 aromatic rings. The Hall–Kier alpha value is -3.39. The zero-order valence-corrected chi connectivity index (χ0v) is 16.6. The molecule has 2 heterocycles. The second-order valence-corrected chi connectivity index (χ2v) is 7.03. The number of phenolic OH excluding ortho intramolecular Hbond substituents is 1. The third-order valence-electron chi connectivity index (χ3n) is 5.05. The summed E-state index contributed by atoms with van der Waals surface area (Å²) in [5.41, 5.74) is 3.84. The monoisotopic (exact) mass is 393 g/mol. The molecule has 0 saturated carbocycles. The van der Waals surface area contributed by atoms with Crippen molar-refractivity contribution in [1.82, 2.24) is 24.8 Å². The first-order chi connectivity index (χ1) is 14.0. The van der Waals surface area contributed by atoms with E-state index in [9.17, 15) is 9.90 Å². The molecule has 2 aromatic carbocycles. The molecule has 1 atom stereocenters. The van der Waals surface area contributed by atoms with Crippen molar-refractivity contribution in [3.05, 3.63) is 53.6 Å². The van der Waals surface area contributed by atoms with Gasteiger partial charge in [-0.15, -0.1) is 0 Å². The summed E-state index contributed by atoms with van der Waals surface area (Å²) < 4.78 is 6.95. The van der Waals surface area contributed by atoms with E-state index >= 15 is 0 Å². The topological polar surface area (TPSA) is 105 Å². The number of carbonyl (C=O) groups is 1. The SMILES string of the molecule is COCCNC(=O)c1ccc2nc(C(C)c3nc4cc(O)ccc4[nH]3)n(C)c2c1. The Morgan fingerprint density at radius 3 is 2.86 bits per heavy atom. The van der Waals surface area contributed by atoms with Gasteiger partial charge in [0.05, 0.1) is 34.6 Å². The Morgan fingerprint density at radius 1 is 1.24 bits per heavy atom. The minimum atomic E-state index is -0.142. The number of benzene rings is 2. The van der Waals surface area contributed by atoms with Gasteiger partial charge in [0.25, 0.3) is 5.91 Å². The molecule has 1 unspecified atom stereocenters. The zero-order valence-electron chi connectivity index (χ0n) is 16.6. The first-order valence-corrected chi connectivity index (χ1v) is 9.40. The van der Waals surface area contributed by atoms with E-state index in [1.54, 1.807) is 31.4 Å². The van der Waals surface area contributed by atoms with Gasteiger partial charge in [0.1, 0.15) is 17.4 Å². The molecular weight excluding hydrogens is 370 g/mol. The van der Waals surface area contributed by atoms with Crippen LogP contribution in [0.3, 0.4) is 0 Å². The molecule has 8 heteroatoms. The third-order valence-corrected chi connectivity index (χ3v) is 5.05. The fourth-order valence-corrected chi connectivity index (χ4v) is 3.45. The lowest BCUT2D eigenvalue weighted by molar-refractivity contribution is 0.0937. The lowest BCUT2D eigenvalue weighted by Gasteiger charge is -2.09. The van der Waals surface area contributed by atoms with Crippen LogP contribution >= 0.6 is 0 Å². The molecule has 0 fully saturated rings. The number of H-pyrrole nitrogens is 1. The summed E-state index contributed by atoms with van der Waals surface area (Å²) in [5.74, 6) is 1.54. The maximum absolute atomic E-state index is 12.3. The number of aromatic amines is 1. The van der Waals surface area contributed by atoms with E-state index in [-0.39, 0.29) is 17.6 Å². The Labute approximate surface area is 167 Å². The molecule has 0 aliphatic heterocycles. The number of aryl methyl sites for hydroxylation is 1. The van der Waals surface area contributed by atoms with Gasteiger partial charge in [-0.25, -0.2) is 9.97 Å². The van der Waals surface area contributed by atoms with Crippen LogP contribution in [0.1, 0.15) is 34.8 Å². The number of methoxy groups -OCH3 is 1. The second-order valence-electron chi connectivity index (χ2n) is 7.03. The van der Waals surface area contributed by atoms with Crippen LogP contribution in [0.2, 0.25) is 0 Å². The van der Waals surface area contributed by atoms with E-state index in [1.165, 1.54) is 0 Å². The Kier molecular flexibility index (Phi) is 4.94. The van der Waals surface area contributed by atoms with Crippen LogP contribution < -0.4 is 5.32 Å². The number of imidazole rings is 2. The van der Waals surface area contributed by atoms with E-state index in [4.69, 9.17) is 9.72 Å². The van der Waals surface area contributed by atoms with Crippen molar-refractivity contribution in [3.8, 4) is 5.75 Å². The highest BCUT2D eigenvalue weighted by molar-refractivity contribution is 5.97. The molecule has 1 amide bonds. The van der Waals surface area contributed by atoms with Gasteiger partial charge in [-0.05, 0) is 37.3 Å². The average molecular weight is 393 g/mol. The van der Waals surface area contributed by atoms with Gasteiger partial charge in [-0.1, -0.05) is 0 Å². The van der Waals surface area contributed by atoms with Crippen LogP contribution in [0.4, 0.5) is 0 Å². The number of aromatic hydroxyl groups is 1. The number of fused-ring (bicyclic) bond motifs is 2. The van der Waals surface area contributed by atoms with E-state index in [0.717, 1.165) is 28.2 Å². The molecule has 150 valence electrons.